The van der Waals surface area contributed by atoms with Crippen LogP contribution >= 0.6 is 0 Å². The van der Waals surface area contributed by atoms with Crippen LogP contribution in [0.25, 0.3) is 0 Å². The predicted molar refractivity (Wildman–Crippen MR) is 101 cm³/mol. The molecule has 0 aromatic heterocycles. The van der Waals surface area contributed by atoms with Gasteiger partial charge < -0.3 is 20.8 Å². The summed E-state index contributed by atoms with van der Waals surface area (Å²) in [6, 6.07) is 9.61. The predicted octanol–water partition coefficient (Wildman–Crippen LogP) is 2.24. The van der Waals surface area contributed by atoms with Crippen molar-refractivity contribution in [2.45, 2.75) is 12.8 Å². The summed E-state index contributed by atoms with van der Waals surface area (Å²) in [5.74, 6) is -2.63. The highest BCUT2D eigenvalue weighted by Gasteiger charge is 2.33. The molecule has 0 saturated carbocycles. The highest BCUT2D eigenvalue weighted by Crippen LogP contribution is 2.35. The van der Waals surface area contributed by atoms with E-state index in [-0.39, 0.29) is 59.8 Å². The number of carboxylic acids is 2. The number of fused-ring (bicyclic) bond motifs is 2. The van der Waals surface area contributed by atoms with Crippen LogP contribution in [0.2, 0.25) is 0 Å². The Bertz CT molecular complexity index is 903. The zero-order valence-corrected chi connectivity index (χ0v) is 14.8. The van der Waals surface area contributed by atoms with Crippen molar-refractivity contribution in [3.8, 4) is 0 Å². The molecule has 2 aromatic carbocycles. The molecular formula is C20H18N2O6. The lowest BCUT2D eigenvalue weighted by Gasteiger charge is -2.23. The molecule has 4 N–H and O–H groups in total. The van der Waals surface area contributed by atoms with E-state index in [1.807, 2.05) is 0 Å². The normalized spacial score (nSPS) is 12.1. The average Bonchev–Trinajstić information content (AvgIpc) is 2.65. The van der Waals surface area contributed by atoms with Gasteiger partial charge in [0.15, 0.2) is 11.6 Å². The quantitative estimate of drug-likeness (QED) is 0.466. The van der Waals surface area contributed by atoms with Gasteiger partial charge in [-0.3, -0.25) is 19.2 Å². The Morgan fingerprint density at radius 3 is 1.46 bits per heavy atom. The minimum atomic E-state index is -0.970. The summed E-state index contributed by atoms with van der Waals surface area (Å²) in [4.78, 5) is 47.6. The molecular weight excluding hydrogens is 364 g/mol. The Hall–Kier alpha value is -3.68. The van der Waals surface area contributed by atoms with Crippen LogP contribution < -0.4 is 10.6 Å². The Kier molecular flexibility index (Phi) is 5.39. The first-order chi connectivity index (χ1) is 13.4. The summed E-state index contributed by atoms with van der Waals surface area (Å²) < 4.78 is 0. The third-order valence-electron chi connectivity index (χ3n) is 4.38. The van der Waals surface area contributed by atoms with Crippen LogP contribution in [0.15, 0.2) is 36.4 Å². The van der Waals surface area contributed by atoms with Crippen molar-refractivity contribution >= 4 is 34.9 Å². The molecule has 8 heteroatoms. The minimum absolute atomic E-state index is 0.122. The molecule has 0 saturated heterocycles. The summed E-state index contributed by atoms with van der Waals surface area (Å²) in [6.07, 6.45) is -0.250. The highest BCUT2D eigenvalue weighted by molar-refractivity contribution is 6.31. The first-order valence-electron chi connectivity index (χ1n) is 8.67. The molecule has 0 unspecified atom stereocenters. The van der Waals surface area contributed by atoms with E-state index in [4.69, 9.17) is 10.2 Å². The number of ketones is 2. The second-order valence-corrected chi connectivity index (χ2v) is 6.26. The fourth-order valence-corrected chi connectivity index (χ4v) is 3.14. The second kappa shape index (κ2) is 7.91. The van der Waals surface area contributed by atoms with Gasteiger partial charge in [0.2, 0.25) is 0 Å². The molecule has 0 aliphatic heterocycles. The maximum atomic E-state index is 13.1. The molecule has 144 valence electrons. The number of hydrogen-bond donors (Lipinski definition) is 4. The maximum Gasteiger partial charge on any atom is 0.305 e. The Morgan fingerprint density at radius 2 is 1.11 bits per heavy atom. The lowest BCUT2D eigenvalue weighted by molar-refractivity contribution is -0.137. The largest absolute Gasteiger partial charge is 0.481 e. The van der Waals surface area contributed by atoms with E-state index >= 15 is 0 Å². The Labute approximate surface area is 160 Å². The van der Waals surface area contributed by atoms with E-state index < -0.39 is 11.9 Å². The van der Waals surface area contributed by atoms with Crippen molar-refractivity contribution in [3.63, 3.8) is 0 Å². The van der Waals surface area contributed by atoms with Crippen LogP contribution in [-0.2, 0) is 9.59 Å². The van der Waals surface area contributed by atoms with Crippen molar-refractivity contribution in [2.24, 2.45) is 0 Å². The van der Waals surface area contributed by atoms with Crippen molar-refractivity contribution in [1.29, 1.82) is 0 Å². The van der Waals surface area contributed by atoms with E-state index in [2.05, 4.69) is 10.6 Å². The van der Waals surface area contributed by atoms with Crippen LogP contribution in [0, 0.1) is 0 Å². The van der Waals surface area contributed by atoms with Gasteiger partial charge in [-0.1, -0.05) is 24.3 Å². The molecule has 1 aliphatic rings. The summed E-state index contributed by atoms with van der Waals surface area (Å²) in [7, 11) is 0. The zero-order chi connectivity index (χ0) is 20.3. The molecule has 0 amide bonds. The van der Waals surface area contributed by atoms with Gasteiger partial charge in [0.05, 0.1) is 24.0 Å². The number of nitrogens with one attached hydrogen (secondary N) is 2. The van der Waals surface area contributed by atoms with Gasteiger partial charge in [0, 0.05) is 35.6 Å². The molecule has 0 spiro atoms. The minimum Gasteiger partial charge on any atom is -0.481 e. The van der Waals surface area contributed by atoms with Crippen LogP contribution in [0.4, 0.5) is 11.4 Å². The highest BCUT2D eigenvalue weighted by atomic mass is 16.4. The Balaban J connectivity index is 1.96. The number of rotatable bonds is 8. The molecule has 0 radical (unpaired) electrons. The topological polar surface area (TPSA) is 133 Å². The lowest BCUT2D eigenvalue weighted by atomic mass is 9.82. The summed E-state index contributed by atoms with van der Waals surface area (Å²) in [6.45, 7) is 0.244. The smallest absolute Gasteiger partial charge is 0.305 e. The number of carbonyl (C=O) groups excluding carboxylic acids is 2. The fraction of sp³-hybridized carbons (Fsp3) is 0.200. The number of hydrogen-bond acceptors (Lipinski definition) is 6. The monoisotopic (exact) mass is 382 g/mol. The molecule has 2 aromatic rings. The average molecular weight is 382 g/mol. The molecule has 0 bridgehead atoms. The molecule has 0 fully saturated rings. The van der Waals surface area contributed by atoms with Crippen molar-refractivity contribution in [2.75, 3.05) is 23.7 Å². The van der Waals surface area contributed by atoms with Crippen molar-refractivity contribution < 1.29 is 29.4 Å². The van der Waals surface area contributed by atoms with Gasteiger partial charge in [-0.05, 0) is 12.1 Å². The number of aliphatic carboxylic acids is 2. The lowest BCUT2D eigenvalue weighted by Crippen LogP contribution is -2.24. The number of carbonyl (C=O) groups is 4. The maximum absolute atomic E-state index is 13.1. The van der Waals surface area contributed by atoms with Crippen LogP contribution in [-0.4, -0.2) is 46.8 Å². The molecule has 28 heavy (non-hydrogen) atoms. The number of carboxylic acid groups (broad SMARTS) is 2. The standard InChI is InChI=1S/C20H18N2O6/c23-15(24)7-9-21-13-5-1-3-11-17(13)20(28)12-4-2-6-14(18(12)19(11)27)22-10-8-16(25)26/h1-6,21-22H,7-10H2,(H,23,24)(H,25,26). The van der Waals surface area contributed by atoms with E-state index in [1.54, 1.807) is 36.4 Å². The van der Waals surface area contributed by atoms with Gasteiger partial charge in [-0.15, -0.1) is 0 Å². The van der Waals surface area contributed by atoms with Gasteiger partial charge >= 0.3 is 11.9 Å². The molecule has 8 nitrogen and oxygen atoms in total. The van der Waals surface area contributed by atoms with E-state index in [1.165, 1.54) is 0 Å². The third-order valence-corrected chi connectivity index (χ3v) is 4.38. The van der Waals surface area contributed by atoms with E-state index in [0.29, 0.717) is 11.4 Å². The van der Waals surface area contributed by atoms with Crippen LogP contribution in [0.5, 0.6) is 0 Å². The fourth-order valence-electron chi connectivity index (χ4n) is 3.14. The molecule has 1 aliphatic carbocycles. The van der Waals surface area contributed by atoms with E-state index in [9.17, 15) is 19.2 Å². The van der Waals surface area contributed by atoms with Crippen molar-refractivity contribution in [1.82, 2.24) is 0 Å². The molecule has 3 rings (SSSR count). The first kappa shape index (κ1) is 19.1. The first-order valence-corrected chi connectivity index (χ1v) is 8.67. The van der Waals surface area contributed by atoms with Gasteiger partial charge in [0.1, 0.15) is 0 Å². The SMILES string of the molecule is O=C(O)CCNc1cccc2c1C(=O)c1cccc(NCCC(=O)O)c1C2=O. The summed E-state index contributed by atoms with van der Waals surface area (Å²) >= 11 is 0. The second-order valence-electron chi connectivity index (χ2n) is 6.26. The number of benzene rings is 2. The van der Waals surface area contributed by atoms with Crippen LogP contribution in [0.3, 0.4) is 0 Å². The number of anilines is 2. The van der Waals surface area contributed by atoms with Crippen LogP contribution in [0.1, 0.15) is 44.7 Å². The summed E-state index contributed by atoms with van der Waals surface area (Å²) in [5.41, 5.74) is 1.70. The summed E-state index contributed by atoms with van der Waals surface area (Å²) in [5, 5.41) is 23.4. The van der Waals surface area contributed by atoms with Gasteiger partial charge in [-0.25, -0.2) is 0 Å². The van der Waals surface area contributed by atoms with Gasteiger partial charge in [-0.2, -0.15) is 0 Å². The molecule has 0 atom stereocenters. The van der Waals surface area contributed by atoms with Crippen molar-refractivity contribution in [3.05, 3.63) is 58.7 Å². The molecule has 0 heterocycles. The third kappa shape index (κ3) is 3.71. The zero-order valence-electron chi connectivity index (χ0n) is 14.8. The van der Waals surface area contributed by atoms with Gasteiger partial charge in [0.25, 0.3) is 0 Å². The van der Waals surface area contributed by atoms with E-state index in [0.717, 1.165) is 0 Å². The Morgan fingerprint density at radius 1 is 0.714 bits per heavy atom.